The number of carbonyl (C=O) groups is 1. The first-order chi connectivity index (χ1) is 24.7. The van der Waals surface area contributed by atoms with E-state index in [1.807, 2.05) is 0 Å². The number of nitrogens with zero attached hydrogens (tertiary/aromatic N) is 5. The molecule has 276 valence electrons. The van der Waals surface area contributed by atoms with E-state index < -0.39 is 76.6 Å². The third kappa shape index (κ3) is 6.67. The average Bonchev–Trinajstić information content (AvgIpc) is 3.59. The molecule has 2 aromatic carbocycles. The summed E-state index contributed by atoms with van der Waals surface area (Å²) in [6.45, 7) is 2.30. The van der Waals surface area contributed by atoms with E-state index in [-0.39, 0.29) is 40.6 Å². The van der Waals surface area contributed by atoms with Crippen molar-refractivity contribution in [3.05, 3.63) is 93.0 Å². The molecule has 2 aliphatic rings. The molecule has 1 fully saturated rings. The van der Waals surface area contributed by atoms with Crippen LogP contribution in [-0.4, -0.2) is 36.0 Å². The van der Waals surface area contributed by atoms with Crippen molar-refractivity contribution in [3.63, 3.8) is 0 Å². The number of halogens is 8. The summed E-state index contributed by atoms with van der Waals surface area (Å²) < 4.78 is 103. The van der Waals surface area contributed by atoms with Gasteiger partial charge < -0.3 is 16.8 Å². The van der Waals surface area contributed by atoms with Crippen LogP contribution >= 0.6 is 11.6 Å². The molecule has 1 saturated carbocycles. The Labute approximate surface area is 302 Å². The average molecular weight is 759 g/mol. The maximum Gasteiger partial charge on any atom is 0.435 e. The van der Waals surface area contributed by atoms with Gasteiger partial charge in [-0.1, -0.05) is 23.6 Å². The van der Waals surface area contributed by atoms with Crippen molar-refractivity contribution >= 4 is 34.2 Å². The van der Waals surface area contributed by atoms with Crippen LogP contribution in [0.2, 0.25) is 5.02 Å². The van der Waals surface area contributed by atoms with E-state index in [0.29, 0.717) is 32.8 Å². The van der Waals surface area contributed by atoms with Crippen molar-refractivity contribution in [2.45, 2.75) is 62.8 Å². The van der Waals surface area contributed by atoms with Crippen LogP contribution in [0.3, 0.4) is 0 Å². The number of fused-ring (bicyclic) bond motifs is 4. The molecule has 3 aromatic heterocycles. The number of amides is 1. The molecule has 0 radical (unpaired) electrons. The number of nitrogens with one attached hydrogen (secondary N) is 1. The Morgan fingerprint density at radius 2 is 1.77 bits per heavy atom. The van der Waals surface area contributed by atoms with E-state index in [1.165, 1.54) is 4.68 Å². The molecular weight excluding hydrogens is 729 g/mol. The van der Waals surface area contributed by atoms with Gasteiger partial charge in [0.2, 0.25) is 5.91 Å². The van der Waals surface area contributed by atoms with E-state index in [4.69, 9.17) is 28.1 Å². The summed E-state index contributed by atoms with van der Waals surface area (Å²) in [6, 6.07) is 7.89. The summed E-state index contributed by atoms with van der Waals surface area (Å²) in [5.74, 6) is -2.97. The lowest BCUT2D eigenvalue weighted by molar-refractivity contribution is -0.142. The first-order valence-electron chi connectivity index (χ1n) is 16.3. The van der Waals surface area contributed by atoms with Gasteiger partial charge in [0, 0.05) is 35.7 Å². The smallest absolute Gasteiger partial charge is 0.382 e. The number of benzene rings is 2. The standard InChI is InChI=1S/C36H30ClF7N8O/c1-34(2,46)9-8-19-4-5-20(21-6-7-24(37)28-30(21)51(3)50-33(28)45)29(47-19)25(12-16-10-17(38)13-18(39)11-16)48-26(53)15-52-32-27(31(49-52)36(42,43)44)22-14-23(22)35(32,40)41/h4-7,10-11,13,22-23,25H,12,14-15,46H2,1-3H3,(H2,45,50)(H,48,53)/t22-,23+,25-/m0/s1. The molecular formula is C36H30ClF7N8O. The predicted octanol–water partition coefficient (Wildman–Crippen LogP) is 6.76. The van der Waals surface area contributed by atoms with Crippen LogP contribution in [0.15, 0.2) is 42.5 Å². The summed E-state index contributed by atoms with van der Waals surface area (Å²) >= 11 is 6.49. The first-order valence-corrected chi connectivity index (χ1v) is 16.6. The van der Waals surface area contributed by atoms with Crippen molar-refractivity contribution in [3.8, 4) is 23.0 Å². The number of pyridine rings is 1. The third-order valence-corrected chi connectivity index (χ3v) is 9.53. The highest BCUT2D eigenvalue weighted by atomic mass is 35.5. The summed E-state index contributed by atoms with van der Waals surface area (Å²) in [5.41, 5.74) is 9.93. The zero-order valence-electron chi connectivity index (χ0n) is 28.2. The zero-order valence-corrected chi connectivity index (χ0v) is 29.0. The number of hydrogen-bond acceptors (Lipinski definition) is 6. The van der Waals surface area contributed by atoms with Gasteiger partial charge >= 0.3 is 6.18 Å². The maximum absolute atomic E-state index is 15.3. The lowest BCUT2D eigenvalue weighted by Crippen LogP contribution is -2.35. The van der Waals surface area contributed by atoms with E-state index in [9.17, 15) is 26.7 Å². The van der Waals surface area contributed by atoms with Gasteiger partial charge in [-0.15, -0.1) is 0 Å². The molecule has 3 heterocycles. The van der Waals surface area contributed by atoms with E-state index in [1.54, 1.807) is 45.2 Å². The fourth-order valence-corrected chi connectivity index (χ4v) is 7.29. The van der Waals surface area contributed by atoms with Crippen LogP contribution < -0.4 is 16.8 Å². The number of nitrogens with two attached hydrogens (primary N) is 2. The van der Waals surface area contributed by atoms with E-state index in [0.717, 1.165) is 12.1 Å². The highest BCUT2D eigenvalue weighted by molar-refractivity contribution is 6.37. The fraction of sp³-hybridized carbons (Fsp3) is 0.333. The summed E-state index contributed by atoms with van der Waals surface area (Å²) in [7, 11) is 1.63. The Kier molecular flexibility index (Phi) is 8.53. The Morgan fingerprint density at radius 1 is 1.09 bits per heavy atom. The van der Waals surface area contributed by atoms with Gasteiger partial charge in [-0.25, -0.2) is 13.8 Å². The van der Waals surface area contributed by atoms with Crippen molar-refractivity contribution < 1.29 is 35.5 Å². The molecule has 9 nitrogen and oxygen atoms in total. The zero-order chi connectivity index (χ0) is 38.4. The van der Waals surface area contributed by atoms with Gasteiger partial charge in [-0.05, 0) is 74.4 Å². The molecule has 5 N–H and O–H groups in total. The van der Waals surface area contributed by atoms with Crippen molar-refractivity contribution in [2.75, 3.05) is 5.73 Å². The minimum Gasteiger partial charge on any atom is -0.382 e. The van der Waals surface area contributed by atoms with Crippen LogP contribution in [0.5, 0.6) is 0 Å². The Hall–Kier alpha value is -5.14. The summed E-state index contributed by atoms with van der Waals surface area (Å²) in [4.78, 5) is 18.6. The molecule has 53 heavy (non-hydrogen) atoms. The number of aryl methyl sites for hydroxylation is 1. The third-order valence-electron chi connectivity index (χ3n) is 9.21. The Morgan fingerprint density at radius 3 is 2.43 bits per heavy atom. The van der Waals surface area contributed by atoms with Crippen molar-refractivity contribution in [1.29, 1.82) is 0 Å². The molecule has 5 aromatic rings. The first kappa shape index (κ1) is 36.2. The number of anilines is 1. The minimum absolute atomic E-state index is 0.0668. The molecule has 7 rings (SSSR count). The van der Waals surface area contributed by atoms with Gasteiger partial charge in [0.1, 0.15) is 29.6 Å². The maximum atomic E-state index is 15.3. The van der Waals surface area contributed by atoms with Gasteiger partial charge in [-0.2, -0.15) is 32.1 Å². The van der Waals surface area contributed by atoms with E-state index in [2.05, 4.69) is 27.4 Å². The number of rotatable bonds is 7. The van der Waals surface area contributed by atoms with Gasteiger partial charge in [-0.3, -0.25) is 14.2 Å². The molecule has 17 heteroatoms. The van der Waals surface area contributed by atoms with Crippen LogP contribution in [0, 0.1) is 29.4 Å². The number of nitrogen functional groups attached to an aromatic ring is 1. The molecule has 0 saturated heterocycles. The normalized spacial score (nSPS) is 18.0. The van der Waals surface area contributed by atoms with Crippen LogP contribution in [-0.2, 0) is 36.9 Å². The minimum atomic E-state index is -5.04. The Balaban J connectivity index is 1.37. The van der Waals surface area contributed by atoms with Crippen LogP contribution in [0.4, 0.5) is 36.6 Å². The predicted molar refractivity (Wildman–Crippen MR) is 181 cm³/mol. The lowest BCUT2D eigenvalue weighted by Gasteiger charge is -2.23. The fourth-order valence-electron chi connectivity index (χ4n) is 7.04. The van der Waals surface area contributed by atoms with Gasteiger partial charge in [0.15, 0.2) is 11.5 Å². The number of hydrogen-bond donors (Lipinski definition) is 3. The van der Waals surface area contributed by atoms with Crippen LogP contribution in [0.1, 0.15) is 66.1 Å². The quantitative estimate of drug-likeness (QED) is 0.124. The topological polar surface area (TPSA) is 130 Å². The van der Waals surface area contributed by atoms with Gasteiger partial charge in [0.05, 0.1) is 33.2 Å². The number of alkyl halides is 5. The summed E-state index contributed by atoms with van der Waals surface area (Å²) in [5, 5.41) is 11.1. The molecule has 0 bridgehead atoms. The van der Waals surface area contributed by atoms with E-state index >= 15 is 8.78 Å². The van der Waals surface area contributed by atoms with Crippen molar-refractivity contribution in [1.82, 2.24) is 29.9 Å². The molecule has 3 atom stereocenters. The molecule has 0 unspecified atom stereocenters. The second kappa shape index (κ2) is 12.5. The SMILES string of the molecule is Cn1nc(N)c2c(Cl)ccc(-c3ccc(C#CC(C)(C)N)nc3[C@H](Cc3cc(F)cc(F)c3)NC(=O)Cn3nc(C(F)(F)F)c4c3C(F)(F)[C@@H]3C[C@H]43)c21. The largest absolute Gasteiger partial charge is 0.435 e. The molecule has 0 spiro atoms. The highest BCUT2D eigenvalue weighted by Crippen LogP contribution is 2.68. The monoisotopic (exact) mass is 758 g/mol. The highest BCUT2D eigenvalue weighted by Gasteiger charge is 2.68. The second-order valence-corrected chi connectivity index (χ2v) is 14.3. The second-order valence-electron chi connectivity index (χ2n) is 13.9. The number of carbonyl (C=O) groups excluding carboxylic acids is 1. The Bertz CT molecular complexity index is 2360. The molecule has 1 amide bonds. The molecule has 2 aliphatic carbocycles. The lowest BCUT2D eigenvalue weighted by atomic mass is 9.93. The van der Waals surface area contributed by atoms with Crippen LogP contribution in [0.25, 0.3) is 22.0 Å². The number of aromatic nitrogens is 5. The van der Waals surface area contributed by atoms with Crippen molar-refractivity contribution in [2.24, 2.45) is 18.7 Å². The summed E-state index contributed by atoms with van der Waals surface area (Å²) in [6.07, 6.45) is -5.47. The molecule has 0 aliphatic heterocycles. The van der Waals surface area contributed by atoms with Gasteiger partial charge in [0.25, 0.3) is 5.92 Å².